The first-order valence-corrected chi connectivity index (χ1v) is 11.2. The van der Waals surface area contributed by atoms with Gasteiger partial charge in [0.15, 0.2) is 0 Å². The molecule has 0 radical (unpaired) electrons. The fourth-order valence-electron chi connectivity index (χ4n) is 8.02. The maximum absolute atomic E-state index is 12.6. The van der Waals surface area contributed by atoms with Gasteiger partial charge in [-0.1, -0.05) is 32.9 Å². The van der Waals surface area contributed by atoms with Gasteiger partial charge >= 0.3 is 0 Å². The highest BCUT2D eigenvalue weighted by molar-refractivity contribution is 5.90. The lowest BCUT2D eigenvalue weighted by Crippen LogP contribution is -2.58. The molecule has 4 heteroatoms. The molecular formula is C23H38N2O2. The van der Waals surface area contributed by atoms with E-state index in [2.05, 4.69) is 32.9 Å². The third-order valence-corrected chi connectivity index (χ3v) is 9.48. The smallest absolute Gasteiger partial charge is 0.139 e. The summed E-state index contributed by atoms with van der Waals surface area (Å²) in [6.45, 7) is 10.6. The molecule has 4 aliphatic carbocycles. The number of fused-ring (bicyclic) bond motifs is 5. The fraction of sp³-hybridized carbons (Fsp3) is 0.913. The van der Waals surface area contributed by atoms with Crippen molar-refractivity contribution in [1.29, 1.82) is 0 Å². The molecule has 0 aromatic carbocycles. The van der Waals surface area contributed by atoms with Gasteiger partial charge in [-0.25, -0.2) is 0 Å². The first-order valence-electron chi connectivity index (χ1n) is 11.2. The zero-order valence-corrected chi connectivity index (χ0v) is 17.7. The van der Waals surface area contributed by atoms with Gasteiger partial charge in [-0.05, 0) is 74.0 Å². The topological polar surface area (TPSA) is 64.7 Å². The maximum atomic E-state index is 12.6. The lowest BCUT2D eigenvalue weighted by Gasteiger charge is -2.63. The van der Waals surface area contributed by atoms with Crippen LogP contribution < -0.4 is 5.73 Å². The molecule has 4 saturated carbocycles. The van der Waals surface area contributed by atoms with Crippen molar-refractivity contribution in [3.8, 4) is 0 Å². The lowest BCUT2D eigenvalue weighted by molar-refractivity contribution is -0.141. The highest BCUT2D eigenvalue weighted by atomic mass is 16.6. The van der Waals surface area contributed by atoms with Gasteiger partial charge in [0.05, 0.1) is 5.71 Å². The van der Waals surface area contributed by atoms with E-state index in [0.717, 1.165) is 37.5 Å². The molecule has 4 rings (SSSR count). The SMILES string of the molecule is CC1(C)C(=NOCCN)CC[C@]2(C)[C@H]3CC[C@]4(C)C(=O)CC[C@H]4[C@@H]3CC[C@@H]12. The lowest BCUT2D eigenvalue weighted by atomic mass is 9.41. The maximum Gasteiger partial charge on any atom is 0.139 e. The summed E-state index contributed by atoms with van der Waals surface area (Å²) in [5.41, 5.74) is 7.22. The van der Waals surface area contributed by atoms with Crippen molar-refractivity contribution in [3.05, 3.63) is 0 Å². The molecule has 0 aliphatic heterocycles. The van der Waals surface area contributed by atoms with Crippen LogP contribution in [0.1, 0.15) is 79.1 Å². The molecule has 0 spiro atoms. The number of carbonyl (C=O) groups is 1. The summed E-state index contributed by atoms with van der Waals surface area (Å²) >= 11 is 0. The van der Waals surface area contributed by atoms with Gasteiger partial charge in [-0.3, -0.25) is 4.79 Å². The van der Waals surface area contributed by atoms with Gasteiger partial charge in [0.1, 0.15) is 12.4 Å². The Balaban J connectivity index is 1.60. The summed E-state index contributed by atoms with van der Waals surface area (Å²) in [4.78, 5) is 18.1. The van der Waals surface area contributed by atoms with E-state index in [4.69, 9.17) is 10.6 Å². The molecule has 6 atom stereocenters. The Morgan fingerprint density at radius 1 is 1.04 bits per heavy atom. The van der Waals surface area contributed by atoms with Crippen LogP contribution in [-0.2, 0) is 9.63 Å². The number of nitrogens with two attached hydrogens (primary N) is 1. The van der Waals surface area contributed by atoms with E-state index in [1.54, 1.807) is 0 Å². The first kappa shape index (κ1) is 19.4. The van der Waals surface area contributed by atoms with Gasteiger partial charge in [-0.15, -0.1) is 0 Å². The molecule has 27 heavy (non-hydrogen) atoms. The van der Waals surface area contributed by atoms with Crippen molar-refractivity contribution in [2.24, 2.45) is 50.8 Å². The number of oxime groups is 1. The molecule has 0 aromatic heterocycles. The van der Waals surface area contributed by atoms with E-state index in [-0.39, 0.29) is 10.8 Å². The Hall–Kier alpha value is -0.900. The van der Waals surface area contributed by atoms with E-state index in [1.807, 2.05) is 0 Å². The van der Waals surface area contributed by atoms with Gasteiger partial charge in [0.25, 0.3) is 0 Å². The van der Waals surface area contributed by atoms with Crippen LogP contribution in [0.15, 0.2) is 5.16 Å². The third-order valence-electron chi connectivity index (χ3n) is 9.48. The van der Waals surface area contributed by atoms with Crippen LogP contribution in [0.2, 0.25) is 0 Å². The highest BCUT2D eigenvalue weighted by Gasteiger charge is 2.62. The summed E-state index contributed by atoms with van der Waals surface area (Å²) in [6, 6.07) is 0. The average molecular weight is 375 g/mol. The van der Waals surface area contributed by atoms with Crippen LogP contribution in [0.3, 0.4) is 0 Å². The third kappa shape index (κ3) is 2.73. The predicted octanol–water partition coefficient (Wildman–Crippen LogP) is 4.57. The molecule has 4 fully saturated rings. The Labute approximate surface area is 164 Å². The number of ketones is 1. The first-order chi connectivity index (χ1) is 12.7. The van der Waals surface area contributed by atoms with E-state index >= 15 is 0 Å². The van der Waals surface area contributed by atoms with Crippen LogP contribution in [0.5, 0.6) is 0 Å². The van der Waals surface area contributed by atoms with Gasteiger partial charge in [0, 0.05) is 23.8 Å². The molecule has 0 heterocycles. The summed E-state index contributed by atoms with van der Waals surface area (Å²) in [7, 11) is 0. The minimum atomic E-state index is -0.0166. The van der Waals surface area contributed by atoms with Crippen molar-refractivity contribution in [3.63, 3.8) is 0 Å². The number of carbonyl (C=O) groups excluding carboxylic acids is 1. The predicted molar refractivity (Wildman–Crippen MR) is 108 cm³/mol. The van der Waals surface area contributed by atoms with Crippen LogP contribution in [0.4, 0.5) is 0 Å². The van der Waals surface area contributed by atoms with Crippen LogP contribution in [0.25, 0.3) is 0 Å². The summed E-state index contributed by atoms with van der Waals surface area (Å²) in [6.07, 6.45) is 9.12. The number of hydrogen-bond donors (Lipinski definition) is 1. The number of Topliss-reactive ketones (excluding diaryl/α,β-unsaturated/α-hetero) is 1. The van der Waals surface area contributed by atoms with Crippen LogP contribution >= 0.6 is 0 Å². The molecule has 4 nitrogen and oxygen atoms in total. The molecule has 0 amide bonds. The summed E-state index contributed by atoms with van der Waals surface area (Å²) in [5, 5.41) is 4.52. The quantitative estimate of drug-likeness (QED) is 0.581. The second-order valence-electron chi connectivity index (χ2n) is 10.8. The monoisotopic (exact) mass is 374 g/mol. The average Bonchev–Trinajstić information content (AvgIpc) is 2.92. The van der Waals surface area contributed by atoms with Crippen LogP contribution in [-0.4, -0.2) is 24.6 Å². The Kier molecular flexibility index (Phi) is 4.73. The van der Waals surface area contributed by atoms with E-state index in [9.17, 15) is 4.79 Å². The summed E-state index contributed by atoms with van der Waals surface area (Å²) in [5.74, 6) is 3.35. The number of rotatable bonds is 3. The van der Waals surface area contributed by atoms with Gasteiger partial charge in [0.2, 0.25) is 0 Å². The van der Waals surface area contributed by atoms with E-state index in [1.165, 1.54) is 31.4 Å². The van der Waals surface area contributed by atoms with Gasteiger partial charge < -0.3 is 10.6 Å². The van der Waals surface area contributed by atoms with Crippen molar-refractivity contribution in [2.75, 3.05) is 13.2 Å². The zero-order valence-electron chi connectivity index (χ0n) is 17.7. The normalized spacial score (nSPS) is 47.3. The van der Waals surface area contributed by atoms with E-state index < -0.39 is 0 Å². The number of hydrogen-bond acceptors (Lipinski definition) is 4. The van der Waals surface area contributed by atoms with Crippen molar-refractivity contribution < 1.29 is 9.63 Å². The van der Waals surface area contributed by atoms with Gasteiger partial charge in [-0.2, -0.15) is 0 Å². The van der Waals surface area contributed by atoms with Crippen LogP contribution in [0, 0.1) is 39.9 Å². The largest absolute Gasteiger partial charge is 0.394 e. The molecule has 4 aliphatic rings. The van der Waals surface area contributed by atoms with E-state index in [0.29, 0.717) is 36.2 Å². The molecular weight excluding hydrogens is 336 g/mol. The molecule has 0 bridgehead atoms. The summed E-state index contributed by atoms with van der Waals surface area (Å²) < 4.78 is 0. The highest BCUT2D eigenvalue weighted by Crippen LogP contribution is 2.67. The fourth-order valence-corrected chi connectivity index (χ4v) is 8.02. The number of nitrogens with zero attached hydrogens (tertiary/aromatic N) is 1. The molecule has 152 valence electrons. The minimum absolute atomic E-state index is 0.0166. The molecule has 0 unspecified atom stereocenters. The molecule has 2 N–H and O–H groups in total. The minimum Gasteiger partial charge on any atom is -0.394 e. The molecule has 0 saturated heterocycles. The second-order valence-corrected chi connectivity index (χ2v) is 10.8. The Morgan fingerprint density at radius 2 is 1.81 bits per heavy atom. The molecule has 0 aromatic rings. The standard InChI is InChI=1S/C23H38N2O2/c1-21(2)18-7-5-15-16-6-8-20(26)23(16,4)11-9-17(15)22(18,3)12-10-19(21)25-27-14-13-24/h15-18H,5-14,24H2,1-4H3/t15-,16-,17-,18-,22+,23-/m0/s1. The van der Waals surface area contributed by atoms with Crippen molar-refractivity contribution in [2.45, 2.75) is 79.1 Å². The van der Waals surface area contributed by atoms with Crippen molar-refractivity contribution >= 4 is 11.5 Å². The zero-order chi connectivity index (χ0) is 19.4. The second kappa shape index (κ2) is 6.57. The van der Waals surface area contributed by atoms with Crippen molar-refractivity contribution in [1.82, 2.24) is 0 Å². The Bertz CT molecular complexity index is 642. The Morgan fingerprint density at radius 3 is 2.56 bits per heavy atom.